The third kappa shape index (κ3) is 42.9. The van der Waals surface area contributed by atoms with Gasteiger partial charge in [0.05, 0.1) is 54.2 Å². The molecule has 0 spiro atoms. The molecule has 3 atom stereocenters. The van der Waals surface area contributed by atoms with Crippen molar-refractivity contribution in [2.75, 3.05) is 52.5 Å². The molecule has 0 fully saturated rings. The number of ether oxygens (including phenoxy) is 5. The van der Waals surface area contributed by atoms with E-state index in [1.807, 2.05) is 34.6 Å². The topological polar surface area (TPSA) is 172 Å². The fourth-order valence-corrected chi connectivity index (χ4v) is 13.4. The Kier molecular flexibility index (Phi) is 46.6. The number of esters is 3. The molecular weight excluding hydrogens is 778 g/mol. The maximum absolute atomic E-state index is 11.6. The second-order valence-corrected chi connectivity index (χ2v) is 24.2. The van der Waals surface area contributed by atoms with Crippen molar-refractivity contribution in [3.8, 4) is 0 Å². The van der Waals surface area contributed by atoms with Crippen molar-refractivity contribution in [1.82, 2.24) is 0 Å². The van der Waals surface area contributed by atoms with Crippen LogP contribution in [0.25, 0.3) is 4.72 Å². The first kappa shape index (κ1) is 65.6. The van der Waals surface area contributed by atoms with Crippen molar-refractivity contribution in [2.45, 2.75) is 147 Å². The summed E-state index contributed by atoms with van der Waals surface area (Å²) in [5.74, 6) is -2.03. The van der Waals surface area contributed by atoms with Crippen LogP contribution in [-0.2, 0) is 57.0 Å². The minimum absolute atomic E-state index is 0. The Hall–Kier alpha value is -0.220. The van der Waals surface area contributed by atoms with E-state index in [-0.39, 0.29) is 95.9 Å². The number of carbonyl (C=O) groups is 4. The summed E-state index contributed by atoms with van der Waals surface area (Å²) in [7, 11) is -6.85. The number of amides is 1. The van der Waals surface area contributed by atoms with E-state index < -0.39 is 45.1 Å². The fraction of sp³-hybridized carbons (Fsp3) is 0.892. The molecule has 0 radical (unpaired) electrons. The molecule has 320 valence electrons. The third-order valence-electron chi connectivity index (χ3n) is 7.55. The zero-order valence-corrected chi connectivity index (χ0v) is 41.0. The van der Waals surface area contributed by atoms with Gasteiger partial charge in [0, 0.05) is 12.9 Å². The zero-order chi connectivity index (χ0) is 40.1. The Balaban J connectivity index is -0.000000159. The van der Waals surface area contributed by atoms with E-state index in [2.05, 4.69) is 42.6 Å². The molecule has 0 aliphatic heterocycles. The molecule has 17 heteroatoms. The molecule has 0 aromatic carbocycles. The number of rotatable bonds is 25. The predicted molar refractivity (Wildman–Crippen MR) is 220 cm³/mol. The first-order chi connectivity index (χ1) is 23.6. The quantitative estimate of drug-likeness (QED) is 0.0487. The standard InChI is InChI=1S/C16H36O3Si2.C11H22O4.C8H15NO5S.2CH4.K/c1-8-10-13-20(4,5)19-21(6,7)14-11-12-18-16(17)15(3)9-2;1-4-10(3)11(12)15-9-8-14-7-6-13-5-2;1-4-6(2)8(11)14-5-7(10)9-15(3,12)13;;;/h15H,8-14H2,1-7H3;10H,4-9H2,1-3H3;6H,4-5H2,1-3H3,(H,9,10);2*1H4;/q;;;;;+1/p-1. The van der Waals surface area contributed by atoms with E-state index in [4.69, 9.17) is 23.1 Å². The van der Waals surface area contributed by atoms with Gasteiger partial charge in [0.2, 0.25) is 0 Å². The number of hydrogen-bond acceptors (Lipinski definition) is 12. The first-order valence-electron chi connectivity index (χ1n) is 18.4. The van der Waals surface area contributed by atoms with Crippen LogP contribution in [0.1, 0.15) is 109 Å². The van der Waals surface area contributed by atoms with Crippen molar-refractivity contribution in [2.24, 2.45) is 17.8 Å². The summed E-state index contributed by atoms with van der Waals surface area (Å²) in [5, 5.41) is 0. The van der Waals surface area contributed by atoms with E-state index in [9.17, 15) is 27.6 Å². The van der Waals surface area contributed by atoms with Crippen LogP contribution in [0.15, 0.2) is 0 Å². The van der Waals surface area contributed by atoms with Crippen LogP contribution in [0.3, 0.4) is 0 Å². The largest absolute Gasteiger partial charge is 1.00 e. The van der Waals surface area contributed by atoms with Crippen LogP contribution in [-0.4, -0.2) is 101 Å². The fourth-order valence-electron chi connectivity index (χ4n) is 3.96. The van der Waals surface area contributed by atoms with Crippen molar-refractivity contribution < 1.29 is 107 Å². The van der Waals surface area contributed by atoms with E-state index >= 15 is 0 Å². The molecule has 0 rings (SSSR count). The van der Waals surface area contributed by atoms with E-state index in [1.165, 1.54) is 18.9 Å². The molecule has 54 heavy (non-hydrogen) atoms. The molecule has 0 bridgehead atoms. The van der Waals surface area contributed by atoms with Crippen molar-refractivity contribution in [3.63, 3.8) is 0 Å². The first-order valence-corrected chi connectivity index (χ1v) is 26.5. The molecule has 0 N–H and O–H groups in total. The van der Waals surface area contributed by atoms with Crippen molar-refractivity contribution >= 4 is 50.5 Å². The molecule has 0 saturated heterocycles. The van der Waals surface area contributed by atoms with Gasteiger partial charge in [-0.2, -0.15) is 0 Å². The van der Waals surface area contributed by atoms with Crippen LogP contribution in [0, 0.1) is 17.8 Å². The van der Waals surface area contributed by atoms with Gasteiger partial charge in [-0.1, -0.05) is 76.2 Å². The summed E-state index contributed by atoms with van der Waals surface area (Å²) in [6.45, 7) is 27.2. The van der Waals surface area contributed by atoms with E-state index in [0.29, 0.717) is 46.1 Å². The molecular formula is C37H80KNO12SSi2. The van der Waals surface area contributed by atoms with Crippen LogP contribution < -0.4 is 51.4 Å². The smallest absolute Gasteiger partial charge is 0.543 e. The SMILES string of the molecule is C.C.CCC(C)C(=O)OCC(=O)[N-]S(C)(=O)=O.CCCC[Si](C)(C)O[Si](C)(C)CCCOC(=O)C(C)CC.CCOCCOCCOC(=O)C(C)CC.[K+]. The zero-order valence-electron chi connectivity index (χ0n) is 35.1. The van der Waals surface area contributed by atoms with Crippen LogP contribution in [0.4, 0.5) is 0 Å². The molecule has 0 aliphatic carbocycles. The number of carbonyl (C=O) groups excluding carboxylic acids is 4. The summed E-state index contributed by atoms with van der Waals surface area (Å²) in [4.78, 5) is 44.7. The van der Waals surface area contributed by atoms with Gasteiger partial charge in [0.15, 0.2) is 16.6 Å². The maximum atomic E-state index is 11.6. The molecule has 0 aromatic rings. The van der Waals surface area contributed by atoms with Gasteiger partial charge in [-0.25, -0.2) is 8.42 Å². The van der Waals surface area contributed by atoms with Crippen LogP contribution in [0.2, 0.25) is 38.3 Å². The summed E-state index contributed by atoms with van der Waals surface area (Å²) in [6, 6.07) is 2.33. The van der Waals surface area contributed by atoms with E-state index in [1.54, 1.807) is 13.8 Å². The maximum Gasteiger partial charge on any atom is 1.00 e. The molecule has 0 aliphatic rings. The Labute approximate surface area is 375 Å². The van der Waals surface area contributed by atoms with Gasteiger partial charge in [-0.3, -0.25) is 14.4 Å². The van der Waals surface area contributed by atoms with Gasteiger partial charge >= 0.3 is 69.3 Å². The third-order valence-corrected chi connectivity index (χ3v) is 15.6. The average Bonchev–Trinajstić information content (AvgIpc) is 3.05. The molecule has 13 nitrogen and oxygen atoms in total. The number of sulfonamides is 1. The van der Waals surface area contributed by atoms with Gasteiger partial charge in [-0.15, -0.1) is 0 Å². The summed E-state index contributed by atoms with van der Waals surface area (Å²) in [6.07, 6.45) is 6.49. The second kappa shape index (κ2) is 38.3. The van der Waals surface area contributed by atoms with Gasteiger partial charge < -0.3 is 37.3 Å². The van der Waals surface area contributed by atoms with E-state index in [0.717, 1.165) is 31.6 Å². The summed E-state index contributed by atoms with van der Waals surface area (Å²) in [5.41, 5.74) is 0. The van der Waals surface area contributed by atoms with Gasteiger partial charge in [0.25, 0.3) is 0 Å². The number of hydrogen-bond donors (Lipinski definition) is 0. The average molecular weight is 858 g/mol. The Bertz CT molecular complexity index is 1070. The summed E-state index contributed by atoms with van der Waals surface area (Å²) >= 11 is 0. The number of nitrogens with zero attached hydrogens (tertiary/aromatic N) is 1. The van der Waals surface area contributed by atoms with Gasteiger partial charge in [0.1, 0.15) is 19.1 Å². The molecule has 0 heterocycles. The summed E-state index contributed by atoms with van der Waals surface area (Å²) < 4.78 is 55.6. The van der Waals surface area contributed by atoms with Crippen LogP contribution in [0.5, 0.6) is 0 Å². The molecule has 0 aromatic heterocycles. The number of unbranched alkanes of at least 4 members (excludes halogenated alkanes) is 1. The Morgan fingerprint density at radius 2 is 1.00 bits per heavy atom. The van der Waals surface area contributed by atoms with Crippen molar-refractivity contribution in [1.29, 1.82) is 0 Å². The monoisotopic (exact) mass is 857 g/mol. The van der Waals surface area contributed by atoms with Gasteiger partial charge in [-0.05, 0) is 70.9 Å². The Morgan fingerprint density at radius 3 is 1.41 bits per heavy atom. The Morgan fingerprint density at radius 1 is 0.611 bits per heavy atom. The molecule has 3 unspecified atom stereocenters. The normalized spacial score (nSPS) is 12.5. The second-order valence-electron chi connectivity index (χ2n) is 13.7. The minimum Gasteiger partial charge on any atom is -0.543 e. The predicted octanol–water partition coefficient (Wildman–Crippen LogP) is 5.53. The van der Waals surface area contributed by atoms with Crippen molar-refractivity contribution in [3.05, 3.63) is 4.72 Å². The van der Waals surface area contributed by atoms with Crippen LogP contribution >= 0.6 is 0 Å². The molecule has 1 amide bonds. The molecule has 0 saturated carbocycles. The minimum atomic E-state index is -3.71.